The molecule has 2 fully saturated rings. The van der Waals surface area contributed by atoms with E-state index in [1.807, 2.05) is 0 Å². The summed E-state index contributed by atoms with van der Waals surface area (Å²) >= 11 is 0. The van der Waals surface area contributed by atoms with Crippen LogP contribution in [0.2, 0.25) is 0 Å². The van der Waals surface area contributed by atoms with Crippen molar-refractivity contribution in [1.82, 2.24) is 10.3 Å². The second kappa shape index (κ2) is 2.70. The first-order valence-electron chi connectivity index (χ1n) is 4.57. The predicted octanol–water partition coefficient (Wildman–Crippen LogP) is 0.115. The topological polar surface area (TPSA) is 75.4 Å². The van der Waals surface area contributed by atoms with E-state index in [1.165, 1.54) is 0 Å². The van der Waals surface area contributed by atoms with Gasteiger partial charge in [0.25, 0.3) is 5.91 Å². The molecule has 1 spiro atoms. The molecule has 0 aromatic heterocycles. The number of hydrogen-bond donors (Lipinski definition) is 2. The fourth-order valence-electron chi connectivity index (χ4n) is 2.14. The summed E-state index contributed by atoms with van der Waals surface area (Å²) in [7, 11) is 0. The van der Waals surface area contributed by atoms with Gasteiger partial charge in [-0.15, -0.1) is 0 Å². The van der Waals surface area contributed by atoms with Crippen LogP contribution in [0.4, 0.5) is 4.79 Å². The summed E-state index contributed by atoms with van der Waals surface area (Å²) in [6.07, 6.45) is 4.56. The van der Waals surface area contributed by atoms with Crippen LogP contribution in [0, 0.1) is 0 Å². The van der Waals surface area contributed by atoms with Crippen LogP contribution in [-0.2, 0) is 4.79 Å². The fraction of sp³-hybridized carbons (Fsp3) is 0.750. The van der Waals surface area contributed by atoms with Crippen LogP contribution < -0.4 is 11.2 Å². The van der Waals surface area contributed by atoms with Crippen LogP contribution in [-0.4, -0.2) is 22.5 Å². The number of imide groups is 1. The summed E-state index contributed by atoms with van der Waals surface area (Å²) in [5, 5.41) is 3.38. The molecule has 0 unspecified atom stereocenters. The van der Waals surface area contributed by atoms with E-state index in [0.717, 1.165) is 32.1 Å². The van der Waals surface area contributed by atoms with E-state index in [9.17, 15) is 9.59 Å². The molecule has 0 aromatic carbocycles. The van der Waals surface area contributed by atoms with Crippen molar-refractivity contribution in [3.05, 3.63) is 0 Å². The van der Waals surface area contributed by atoms with Gasteiger partial charge in [-0.25, -0.2) is 10.6 Å². The number of hydrazine groups is 1. The minimum absolute atomic E-state index is 0.266. The van der Waals surface area contributed by atoms with Gasteiger partial charge in [0, 0.05) is 0 Å². The third-order valence-electron chi connectivity index (χ3n) is 2.90. The Bertz CT molecular complexity index is 258. The van der Waals surface area contributed by atoms with Gasteiger partial charge in [0.15, 0.2) is 0 Å². The molecule has 1 aliphatic heterocycles. The number of rotatable bonds is 0. The van der Waals surface area contributed by atoms with E-state index in [0.29, 0.717) is 5.01 Å². The summed E-state index contributed by atoms with van der Waals surface area (Å²) in [5.41, 5.74) is -0.663. The van der Waals surface area contributed by atoms with Gasteiger partial charge in [0.1, 0.15) is 5.54 Å². The van der Waals surface area contributed by atoms with Crippen molar-refractivity contribution >= 4 is 11.9 Å². The molecule has 3 amide bonds. The Kier molecular flexibility index (Phi) is 1.76. The molecule has 1 saturated carbocycles. The second-order valence-electron chi connectivity index (χ2n) is 3.75. The van der Waals surface area contributed by atoms with Crippen molar-refractivity contribution in [2.45, 2.75) is 37.6 Å². The molecule has 1 heterocycles. The van der Waals surface area contributed by atoms with Crippen molar-refractivity contribution in [2.75, 3.05) is 0 Å². The van der Waals surface area contributed by atoms with Gasteiger partial charge in [-0.1, -0.05) is 19.3 Å². The van der Waals surface area contributed by atoms with Gasteiger partial charge < -0.3 is 5.32 Å². The molecular formula is C8H13N3O2. The lowest BCUT2D eigenvalue weighted by molar-refractivity contribution is -0.132. The molecule has 2 aliphatic rings. The first-order valence-corrected chi connectivity index (χ1v) is 4.57. The molecule has 72 valence electrons. The number of nitrogens with two attached hydrogens (primary N) is 1. The summed E-state index contributed by atoms with van der Waals surface area (Å²) in [5.74, 6) is 5.03. The van der Waals surface area contributed by atoms with Crippen LogP contribution in [0.1, 0.15) is 32.1 Å². The summed E-state index contributed by atoms with van der Waals surface area (Å²) < 4.78 is 0. The fourth-order valence-corrected chi connectivity index (χ4v) is 2.14. The minimum Gasteiger partial charge on any atom is -0.322 e. The van der Waals surface area contributed by atoms with E-state index >= 15 is 0 Å². The third kappa shape index (κ3) is 1.11. The molecule has 13 heavy (non-hydrogen) atoms. The molecule has 0 bridgehead atoms. The van der Waals surface area contributed by atoms with Gasteiger partial charge in [-0.05, 0) is 12.8 Å². The Labute approximate surface area is 76.2 Å². The zero-order valence-electron chi connectivity index (χ0n) is 7.38. The maximum Gasteiger partial charge on any atom is 0.339 e. The predicted molar refractivity (Wildman–Crippen MR) is 45.4 cm³/mol. The summed E-state index contributed by atoms with van der Waals surface area (Å²) in [6, 6.07) is -0.466. The highest BCUT2D eigenvalue weighted by Crippen LogP contribution is 2.32. The number of amides is 3. The van der Waals surface area contributed by atoms with Crippen molar-refractivity contribution in [3.8, 4) is 0 Å². The molecule has 0 radical (unpaired) electrons. The van der Waals surface area contributed by atoms with Crippen LogP contribution in [0.5, 0.6) is 0 Å². The van der Waals surface area contributed by atoms with E-state index in [-0.39, 0.29) is 5.91 Å². The summed E-state index contributed by atoms with van der Waals surface area (Å²) in [4.78, 5) is 22.7. The first kappa shape index (κ1) is 8.50. The maximum absolute atomic E-state index is 11.6. The smallest absolute Gasteiger partial charge is 0.322 e. The molecule has 5 nitrogen and oxygen atoms in total. The zero-order valence-corrected chi connectivity index (χ0v) is 7.38. The molecule has 1 aliphatic carbocycles. The molecule has 5 heteroatoms. The highest BCUT2D eigenvalue weighted by molar-refractivity contribution is 6.06. The minimum atomic E-state index is -0.663. The maximum atomic E-state index is 11.6. The van der Waals surface area contributed by atoms with Gasteiger partial charge >= 0.3 is 6.03 Å². The Morgan fingerprint density at radius 3 is 2.31 bits per heavy atom. The van der Waals surface area contributed by atoms with Gasteiger partial charge in [0.2, 0.25) is 0 Å². The SMILES string of the molecule is NN1C(=O)NC2(CCCCC2)C1=O. The second-order valence-corrected chi connectivity index (χ2v) is 3.75. The average molecular weight is 183 g/mol. The van der Waals surface area contributed by atoms with Crippen LogP contribution in [0.25, 0.3) is 0 Å². The number of urea groups is 1. The van der Waals surface area contributed by atoms with Gasteiger partial charge in [-0.2, -0.15) is 5.01 Å². The third-order valence-corrected chi connectivity index (χ3v) is 2.90. The van der Waals surface area contributed by atoms with E-state index in [4.69, 9.17) is 5.84 Å². The van der Waals surface area contributed by atoms with Crippen molar-refractivity contribution in [3.63, 3.8) is 0 Å². The zero-order chi connectivity index (χ0) is 9.47. The molecule has 0 atom stereocenters. The lowest BCUT2D eigenvalue weighted by atomic mass is 9.82. The Balaban J connectivity index is 2.23. The normalized spacial score (nSPS) is 26.7. The molecule has 1 saturated heterocycles. The Morgan fingerprint density at radius 2 is 1.85 bits per heavy atom. The number of carbonyl (C=O) groups excluding carboxylic acids is 2. The van der Waals surface area contributed by atoms with Crippen LogP contribution in [0.3, 0.4) is 0 Å². The van der Waals surface area contributed by atoms with Crippen molar-refractivity contribution < 1.29 is 9.59 Å². The van der Waals surface area contributed by atoms with E-state index in [1.54, 1.807) is 0 Å². The van der Waals surface area contributed by atoms with Crippen LogP contribution in [0.15, 0.2) is 0 Å². The Hall–Kier alpha value is -1.10. The quantitative estimate of drug-likeness (QED) is 0.318. The van der Waals surface area contributed by atoms with Crippen LogP contribution >= 0.6 is 0 Å². The van der Waals surface area contributed by atoms with Gasteiger partial charge in [0.05, 0.1) is 0 Å². The average Bonchev–Trinajstić information content (AvgIpc) is 2.33. The Morgan fingerprint density at radius 1 is 1.23 bits per heavy atom. The van der Waals surface area contributed by atoms with Gasteiger partial charge in [-0.3, -0.25) is 4.79 Å². The first-order chi connectivity index (χ1) is 6.16. The number of nitrogens with one attached hydrogen (secondary N) is 1. The van der Waals surface area contributed by atoms with E-state index in [2.05, 4.69) is 5.32 Å². The van der Waals surface area contributed by atoms with E-state index < -0.39 is 11.6 Å². The highest BCUT2D eigenvalue weighted by Gasteiger charge is 2.50. The number of carbonyl (C=O) groups is 2. The summed E-state index contributed by atoms with van der Waals surface area (Å²) in [6.45, 7) is 0. The largest absolute Gasteiger partial charge is 0.339 e. The number of hydrogen-bond acceptors (Lipinski definition) is 3. The van der Waals surface area contributed by atoms with Crippen molar-refractivity contribution in [1.29, 1.82) is 0 Å². The standard InChI is InChI=1S/C8H13N3O2/c9-11-6(12)8(10-7(11)13)4-2-1-3-5-8/h1-5,9H2,(H,10,13). The molecule has 0 aromatic rings. The lowest BCUT2D eigenvalue weighted by Crippen LogP contribution is -2.48. The number of nitrogens with zero attached hydrogens (tertiary/aromatic N) is 1. The van der Waals surface area contributed by atoms with Crippen molar-refractivity contribution in [2.24, 2.45) is 5.84 Å². The molecule has 3 N–H and O–H groups in total. The lowest BCUT2D eigenvalue weighted by Gasteiger charge is -2.29. The molecular weight excluding hydrogens is 170 g/mol. The highest BCUT2D eigenvalue weighted by atomic mass is 16.2. The monoisotopic (exact) mass is 183 g/mol. The molecule has 2 rings (SSSR count).